The summed E-state index contributed by atoms with van der Waals surface area (Å²) in [4.78, 5) is 28.3. The highest BCUT2D eigenvalue weighted by atomic mass is 35.5. The Bertz CT molecular complexity index is 596. The molecule has 136 valence electrons. The average Bonchev–Trinajstić information content (AvgIpc) is 2.67. The summed E-state index contributed by atoms with van der Waals surface area (Å²) in [6.45, 7) is 4.56. The van der Waals surface area contributed by atoms with Crippen molar-refractivity contribution < 1.29 is 14.3 Å². The van der Waals surface area contributed by atoms with Crippen molar-refractivity contribution in [1.29, 1.82) is 0 Å². The van der Waals surface area contributed by atoms with Crippen LogP contribution in [0.1, 0.15) is 0 Å². The van der Waals surface area contributed by atoms with Crippen LogP contribution in [0.5, 0.6) is 0 Å². The summed E-state index contributed by atoms with van der Waals surface area (Å²) >= 11 is 5.91. The topological polar surface area (TPSA) is 73.9 Å². The van der Waals surface area contributed by atoms with Crippen LogP contribution in [0.2, 0.25) is 5.02 Å². The molecule has 3 rings (SSSR count). The number of carbonyl (C=O) groups is 2. The molecule has 2 heterocycles. The van der Waals surface area contributed by atoms with Crippen LogP contribution < -0.4 is 15.5 Å². The molecule has 0 radical (unpaired) electrons. The molecular formula is C17H23ClN4O3. The Morgan fingerprint density at radius 3 is 2.56 bits per heavy atom. The first-order valence-corrected chi connectivity index (χ1v) is 8.89. The molecular weight excluding hydrogens is 344 g/mol. The SMILES string of the molecule is O=C(NCC(=O)N1CCN(c2ccc(Cl)cc2)CC1)C1CNCCO1. The van der Waals surface area contributed by atoms with Crippen molar-refractivity contribution in [1.82, 2.24) is 15.5 Å². The maximum atomic E-state index is 12.3. The zero-order valence-electron chi connectivity index (χ0n) is 14.0. The molecule has 7 nitrogen and oxygen atoms in total. The summed E-state index contributed by atoms with van der Waals surface area (Å²) < 4.78 is 5.37. The van der Waals surface area contributed by atoms with Gasteiger partial charge in [-0.1, -0.05) is 11.6 Å². The lowest BCUT2D eigenvalue weighted by molar-refractivity contribution is -0.138. The molecule has 8 heteroatoms. The first kappa shape index (κ1) is 18.0. The van der Waals surface area contributed by atoms with Gasteiger partial charge >= 0.3 is 0 Å². The normalized spacial score (nSPS) is 21.1. The highest BCUT2D eigenvalue weighted by Crippen LogP contribution is 2.19. The number of benzene rings is 1. The van der Waals surface area contributed by atoms with Gasteiger partial charge in [0.25, 0.3) is 5.91 Å². The van der Waals surface area contributed by atoms with Crippen molar-refractivity contribution in [3.8, 4) is 0 Å². The van der Waals surface area contributed by atoms with Gasteiger partial charge < -0.3 is 25.2 Å². The Labute approximate surface area is 152 Å². The van der Waals surface area contributed by atoms with E-state index >= 15 is 0 Å². The summed E-state index contributed by atoms with van der Waals surface area (Å²) in [6, 6.07) is 7.70. The molecule has 1 unspecified atom stereocenters. The van der Waals surface area contributed by atoms with E-state index in [1.165, 1.54) is 0 Å². The maximum absolute atomic E-state index is 12.3. The zero-order chi connectivity index (χ0) is 17.6. The van der Waals surface area contributed by atoms with Crippen molar-refractivity contribution in [2.75, 3.05) is 57.3 Å². The van der Waals surface area contributed by atoms with Crippen LogP contribution in [-0.4, -0.2) is 75.2 Å². The minimum atomic E-state index is -0.511. The standard InChI is InChI=1S/C17H23ClN4O3/c18-13-1-3-14(4-2-13)21-6-8-22(9-7-21)16(23)12-20-17(24)15-11-19-5-10-25-15/h1-4,15,19H,5-12H2,(H,20,24). The number of carbonyl (C=O) groups excluding carboxylic acids is 2. The second-order valence-electron chi connectivity index (χ2n) is 6.13. The summed E-state index contributed by atoms with van der Waals surface area (Å²) in [7, 11) is 0. The monoisotopic (exact) mass is 366 g/mol. The van der Waals surface area contributed by atoms with Crippen molar-refractivity contribution in [2.24, 2.45) is 0 Å². The number of hydrogen-bond acceptors (Lipinski definition) is 5. The molecule has 2 aliphatic heterocycles. The third-order valence-electron chi connectivity index (χ3n) is 4.46. The second-order valence-corrected chi connectivity index (χ2v) is 6.56. The van der Waals surface area contributed by atoms with Gasteiger partial charge in [-0.3, -0.25) is 9.59 Å². The number of rotatable bonds is 4. The predicted octanol–water partition coefficient (Wildman–Crippen LogP) is 0.0932. The molecule has 0 bridgehead atoms. The fraction of sp³-hybridized carbons (Fsp3) is 0.529. The lowest BCUT2D eigenvalue weighted by atomic mass is 10.2. The van der Waals surface area contributed by atoms with Crippen molar-refractivity contribution in [3.05, 3.63) is 29.3 Å². The Morgan fingerprint density at radius 2 is 1.92 bits per heavy atom. The molecule has 1 aromatic carbocycles. The number of hydrogen-bond donors (Lipinski definition) is 2. The number of anilines is 1. The van der Waals surface area contributed by atoms with E-state index in [1.807, 2.05) is 24.3 Å². The summed E-state index contributed by atoms with van der Waals surface area (Å²) in [5.41, 5.74) is 1.10. The lowest BCUT2D eigenvalue weighted by Crippen LogP contribution is -2.53. The molecule has 0 spiro atoms. The quantitative estimate of drug-likeness (QED) is 0.790. The average molecular weight is 367 g/mol. The first-order valence-electron chi connectivity index (χ1n) is 8.52. The molecule has 2 amide bonds. The van der Waals surface area contributed by atoms with Crippen LogP contribution in [0.15, 0.2) is 24.3 Å². The number of halogens is 1. The van der Waals surface area contributed by atoms with E-state index in [9.17, 15) is 9.59 Å². The van der Waals surface area contributed by atoms with E-state index < -0.39 is 6.10 Å². The van der Waals surface area contributed by atoms with E-state index in [-0.39, 0.29) is 18.4 Å². The smallest absolute Gasteiger partial charge is 0.250 e. The van der Waals surface area contributed by atoms with E-state index in [1.54, 1.807) is 4.90 Å². The molecule has 1 atom stereocenters. The number of ether oxygens (including phenoxy) is 1. The van der Waals surface area contributed by atoms with Gasteiger partial charge in [-0.2, -0.15) is 0 Å². The van der Waals surface area contributed by atoms with Crippen LogP contribution in [0, 0.1) is 0 Å². The largest absolute Gasteiger partial charge is 0.368 e. The molecule has 0 aromatic heterocycles. The van der Waals surface area contributed by atoms with Crippen molar-refractivity contribution in [2.45, 2.75) is 6.10 Å². The molecule has 2 saturated heterocycles. The summed E-state index contributed by atoms with van der Waals surface area (Å²) in [5.74, 6) is -0.298. The second kappa shape index (κ2) is 8.51. The molecule has 0 aliphatic carbocycles. The highest BCUT2D eigenvalue weighted by Gasteiger charge is 2.24. The van der Waals surface area contributed by atoms with Crippen LogP contribution in [0.25, 0.3) is 0 Å². The molecule has 0 saturated carbocycles. The van der Waals surface area contributed by atoms with Crippen molar-refractivity contribution in [3.63, 3.8) is 0 Å². The van der Waals surface area contributed by atoms with Gasteiger partial charge in [0.1, 0.15) is 6.10 Å². The Morgan fingerprint density at radius 1 is 1.20 bits per heavy atom. The molecule has 1 aromatic rings. The Balaban J connectivity index is 1.42. The van der Waals surface area contributed by atoms with Crippen LogP contribution in [0.3, 0.4) is 0 Å². The van der Waals surface area contributed by atoms with Gasteiger partial charge in [0.15, 0.2) is 0 Å². The van der Waals surface area contributed by atoms with Gasteiger partial charge in [-0.05, 0) is 24.3 Å². The lowest BCUT2D eigenvalue weighted by Gasteiger charge is -2.36. The molecule has 2 aliphatic rings. The van der Waals surface area contributed by atoms with E-state index in [0.29, 0.717) is 31.3 Å². The molecule has 25 heavy (non-hydrogen) atoms. The number of nitrogens with one attached hydrogen (secondary N) is 2. The van der Waals surface area contributed by atoms with E-state index in [4.69, 9.17) is 16.3 Å². The number of amides is 2. The van der Waals surface area contributed by atoms with Crippen LogP contribution in [-0.2, 0) is 14.3 Å². The Kier molecular flexibility index (Phi) is 6.12. The number of morpholine rings is 1. The van der Waals surface area contributed by atoms with Gasteiger partial charge in [0.05, 0.1) is 13.2 Å². The fourth-order valence-electron chi connectivity index (χ4n) is 2.99. The highest BCUT2D eigenvalue weighted by molar-refractivity contribution is 6.30. The van der Waals surface area contributed by atoms with E-state index in [0.717, 1.165) is 25.3 Å². The van der Waals surface area contributed by atoms with Gasteiger partial charge in [-0.25, -0.2) is 0 Å². The number of nitrogens with zero attached hydrogens (tertiary/aromatic N) is 2. The predicted molar refractivity (Wildman–Crippen MR) is 95.9 cm³/mol. The third-order valence-corrected chi connectivity index (χ3v) is 4.71. The van der Waals surface area contributed by atoms with Crippen molar-refractivity contribution >= 4 is 29.1 Å². The fourth-order valence-corrected chi connectivity index (χ4v) is 3.11. The Hall–Kier alpha value is -1.83. The van der Waals surface area contributed by atoms with Gasteiger partial charge in [-0.15, -0.1) is 0 Å². The molecule has 2 fully saturated rings. The van der Waals surface area contributed by atoms with Crippen LogP contribution >= 0.6 is 11.6 Å². The summed E-state index contributed by atoms with van der Waals surface area (Å²) in [6.07, 6.45) is -0.511. The summed E-state index contributed by atoms with van der Waals surface area (Å²) in [5, 5.41) is 6.48. The van der Waals surface area contributed by atoms with E-state index in [2.05, 4.69) is 15.5 Å². The third kappa shape index (κ3) is 4.84. The van der Waals surface area contributed by atoms with Crippen LogP contribution in [0.4, 0.5) is 5.69 Å². The maximum Gasteiger partial charge on any atom is 0.250 e. The van der Waals surface area contributed by atoms with Gasteiger partial charge in [0, 0.05) is 50.0 Å². The van der Waals surface area contributed by atoms with Gasteiger partial charge in [0.2, 0.25) is 5.91 Å². The minimum Gasteiger partial charge on any atom is -0.368 e. The zero-order valence-corrected chi connectivity index (χ0v) is 14.8. The minimum absolute atomic E-state index is 0.0135. The number of piperazine rings is 1. The first-order chi connectivity index (χ1) is 12.1. The molecule has 2 N–H and O–H groups in total.